The van der Waals surface area contributed by atoms with Gasteiger partial charge in [-0.3, -0.25) is 5.10 Å². The fourth-order valence-corrected chi connectivity index (χ4v) is 1.68. The molecule has 0 aliphatic carbocycles. The number of H-pyrrole nitrogens is 1. The molecule has 0 bridgehead atoms. The Kier molecular flexibility index (Phi) is 5.08. The lowest BCUT2D eigenvalue weighted by atomic mass is 10.1. The molecule has 0 saturated carbocycles. The normalized spacial score (nSPS) is 11.6. The third kappa shape index (κ3) is 4.06. The van der Waals surface area contributed by atoms with Gasteiger partial charge in [-0.25, -0.2) is 9.98 Å². The molecule has 1 heterocycles. The quantitative estimate of drug-likeness (QED) is 0.405. The first-order valence-electron chi connectivity index (χ1n) is 6.27. The lowest BCUT2D eigenvalue weighted by Crippen LogP contribution is -2.34. The second-order valence-electron chi connectivity index (χ2n) is 4.16. The number of nitrogens with two attached hydrogens (primary N) is 1. The van der Waals surface area contributed by atoms with Crippen LogP contribution < -0.4 is 11.1 Å². The molecule has 106 valence electrons. The molecule has 0 amide bonds. The van der Waals surface area contributed by atoms with E-state index >= 15 is 0 Å². The highest BCUT2D eigenvalue weighted by atomic mass is 16.5. The third-order valence-corrected chi connectivity index (χ3v) is 2.66. The van der Waals surface area contributed by atoms with Gasteiger partial charge in [0.25, 0.3) is 0 Å². The molecule has 0 radical (unpaired) electrons. The molecule has 1 aromatic carbocycles. The predicted molar refractivity (Wildman–Crippen MR) is 77.0 cm³/mol. The summed E-state index contributed by atoms with van der Waals surface area (Å²) in [5, 5.41) is 9.64. The van der Waals surface area contributed by atoms with Crippen molar-refractivity contribution in [3.05, 3.63) is 36.2 Å². The fourth-order valence-electron chi connectivity index (χ4n) is 1.68. The van der Waals surface area contributed by atoms with Crippen molar-refractivity contribution in [3.8, 4) is 11.4 Å². The van der Waals surface area contributed by atoms with Crippen molar-refractivity contribution in [2.24, 2.45) is 10.7 Å². The van der Waals surface area contributed by atoms with Crippen molar-refractivity contribution < 1.29 is 4.74 Å². The molecule has 0 aliphatic heterocycles. The molecule has 4 N–H and O–H groups in total. The van der Waals surface area contributed by atoms with Crippen LogP contribution in [-0.4, -0.2) is 41.4 Å². The van der Waals surface area contributed by atoms with Gasteiger partial charge in [-0.15, -0.1) is 0 Å². The van der Waals surface area contributed by atoms with Crippen molar-refractivity contribution in [3.63, 3.8) is 0 Å². The number of rotatable bonds is 6. The largest absolute Gasteiger partial charge is 0.383 e. The predicted octanol–water partition coefficient (Wildman–Crippen LogP) is 0.522. The van der Waals surface area contributed by atoms with E-state index in [1.165, 1.54) is 6.33 Å². The van der Waals surface area contributed by atoms with Gasteiger partial charge in [0.2, 0.25) is 0 Å². The minimum atomic E-state index is 0.409. The number of nitrogens with one attached hydrogen (secondary N) is 2. The Bertz CT molecular complexity index is 552. The Morgan fingerprint density at radius 1 is 1.50 bits per heavy atom. The van der Waals surface area contributed by atoms with E-state index < -0.39 is 0 Å². The summed E-state index contributed by atoms with van der Waals surface area (Å²) in [7, 11) is 1.64. The van der Waals surface area contributed by atoms with E-state index in [1.807, 2.05) is 24.3 Å². The standard InChI is InChI=1S/C13H18N6O/c1-20-6-5-15-13(14)16-8-10-3-2-4-11(7-10)12-17-9-18-19-12/h2-4,7,9H,5-6,8H2,1H3,(H3,14,15,16)(H,17,18,19). The zero-order chi connectivity index (χ0) is 14.2. The van der Waals surface area contributed by atoms with Crippen LogP contribution >= 0.6 is 0 Å². The molecule has 0 unspecified atom stereocenters. The second-order valence-corrected chi connectivity index (χ2v) is 4.16. The highest BCUT2D eigenvalue weighted by Gasteiger charge is 2.01. The second kappa shape index (κ2) is 7.25. The smallest absolute Gasteiger partial charge is 0.188 e. The zero-order valence-corrected chi connectivity index (χ0v) is 11.3. The summed E-state index contributed by atoms with van der Waals surface area (Å²) in [6.45, 7) is 1.74. The van der Waals surface area contributed by atoms with Crippen LogP contribution in [-0.2, 0) is 11.3 Å². The topological polar surface area (TPSA) is 101 Å². The molecule has 0 atom stereocenters. The van der Waals surface area contributed by atoms with Gasteiger partial charge >= 0.3 is 0 Å². The molecule has 1 aromatic heterocycles. The van der Waals surface area contributed by atoms with E-state index in [4.69, 9.17) is 10.5 Å². The molecule has 2 aromatic rings. The minimum absolute atomic E-state index is 0.409. The number of benzene rings is 1. The van der Waals surface area contributed by atoms with Gasteiger partial charge < -0.3 is 15.8 Å². The van der Waals surface area contributed by atoms with Gasteiger partial charge in [-0.1, -0.05) is 18.2 Å². The summed E-state index contributed by atoms with van der Waals surface area (Å²) < 4.78 is 4.92. The Morgan fingerprint density at radius 2 is 2.40 bits per heavy atom. The Labute approximate surface area is 117 Å². The van der Waals surface area contributed by atoms with Crippen LogP contribution in [0.5, 0.6) is 0 Å². The van der Waals surface area contributed by atoms with Crippen LogP contribution in [0.3, 0.4) is 0 Å². The average Bonchev–Trinajstić information content (AvgIpc) is 3.00. The molecule has 0 spiro atoms. The summed E-state index contributed by atoms with van der Waals surface area (Å²) >= 11 is 0. The number of aliphatic imine (C=N–C) groups is 1. The molecule has 0 fully saturated rings. The molecule has 0 saturated heterocycles. The Hall–Kier alpha value is -2.41. The number of ether oxygens (including phenoxy) is 1. The Balaban J connectivity index is 1.96. The maximum atomic E-state index is 5.75. The highest BCUT2D eigenvalue weighted by Crippen LogP contribution is 2.15. The van der Waals surface area contributed by atoms with Gasteiger partial charge in [0.15, 0.2) is 11.8 Å². The molecular formula is C13H18N6O. The summed E-state index contributed by atoms with van der Waals surface area (Å²) in [5.41, 5.74) is 7.77. The Morgan fingerprint density at radius 3 is 3.15 bits per heavy atom. The van der Waals surface area contributed by atoms with Gasteiger partial charge in [-0.05, 0) is 11.6 Å². The van der Waals surface area contributed by atoms with Crippen molar-refractivity contribution >= 4 is 5.96 Å². The van der Waals surface area contributed by atoms with E-state index in [9.17, 15) is 0 Å². The van der Waals surface area contributed by atoms with Crippen LogP contribution in [0.4, 0.5) is 0 Å². The van der Waals surface area contributed by atoms with Gasteiger partial charge in [-0.2, -0.15) is 5.10 Å². The van der Waals surface area contributed by atoms with Crippen LogP contribution in [0, 0.1) is 0 Å². The lowest BCUT2D eigenvalue weighted by molar-refractivity contribution is 0.204. The molecule has 20 heavy (non-hydrogen) atoms. The number of aromatic nitrogens is 3. The fraction of sp³-hybridized carbons (Fsp3) is 0.308. The molecular weight excluding hydrogens is 256 g/mol. The van der Waals surface area contributed by atoms with Crippen LogP contribution in [0.2, 0.25) is 0 Å². The summed E-state index contributed by atoms with van der Waals surface area (Å²) in [6.07, 6.45) is 1.48. The van der Waals surface area contributed by atoms with Gasteiger partial charge in [0.1, 0.15) is 6.33 Å². The number of hydrogen-bond acceptors (Lipinski definition) is 4. The van der Waals surface area contributed by atoms with Crippen molar-refractivity contribution in [2.45, 2.75) is 6.54 Å². The van der Waals surface area contributed by atoms with Crippen LogP contribution in [0.1, 0.15) is 5.56 Å². The van der Waals surface area contributed by atoms with Crippen LogP contribution in [0.15, 0.2) is 35.6 Å². The van der Waals surface area contributed by atoms with E-state index in [0.29, 0.717) is 25.7 Å². The summed E-state index contributed by atoms with van der Waals surface area (Å²) in [5.74, 6) is 1.15. The van der Waals surface area contributed by atoms with Crippen molar-refractivity contribution in [2.75, 3.05) is 20.3 Å². The number of hydrogen-bond donors (Lipinski definition) is 3. The summed E-state index contributed by atoms with van der Waals surface area (Å²) in [4.78, 5) is 8.39. The van der Waals surface area contributed by atoms with Crippen molar-refractivity contribution in [1.82, 2.24) is 20.5 Å². The number of guanidine groups is 1. The molecule has 7 heteroatoms. The zero-order valence-electron chi connectivity index (χ0n) is 11.3. The first-order valence-corrected chi connectivity index (χ1v) is 6.27. The van der Waals surface area contributed by atoms with E-state index in [0.717, 1.165) is 17.0 Å². The van der Waals surface area contributed by atoms with Gasteiger partial charge in [0, 0.05) is 19.2 Å². The maximum Gasteiger partial charge on any atom is 0.188 e. The monoisotopic (exact) mass is 274 g/mol. The number of nitrogens with zero attached hydrogens (tertiary/aromatic N) is 3. The lowest BCUT2D eigenvalue weighted by Gasteiger charge is -2.05. The molecule has 2 rings (SSSR count). The van der Waals surface area contributed by atoms with E-state index in [2.05, 4.69) is 25.5 Å². The summed E-state index contributed by atoms with van der Waals surface area (Å²) in [6, 6.07) is 7.92. The van der Waals surface area contributed by atoms with Gasteiger partial charge in [0.05, 0.1) is 13.2 Å². The SMILES string of the molecule is COCCNC(N)=NCc1cccc(-c2ncn[nH]2)c1. The highest BCUT2D eigenvalue weighted by molar-refractivity contribution is 5.77. The van der Waals surface area contributed by atoms with Crippen LogP contribution in [0.25, 0.3) is 11.4 Å². The minimum Gasteiger partial charge on any atom is -0.383 e. The molecule has 7 nitrogen and oxygen atoms in total. The number of aromatic amines is 1. The first-order chi connectivity index (χ1) is 9.79. The molecule has 0 aliphatic rings. The number of methoxy groups -OCH3 is 1. The average molecular weight is 274 g/mol. The maximum absolute atomic E-state index is 5.75. The van der Waals surface area contributed by atoms with Crippen molar-refractivity contribution in [1.29, 1.82) is 0 Å². The van der Waals surface area contributed by atoms with E-state index in [1.54, 1.807) is 7.11 Å². The first kappa shape index (κ1) is 14.0. The third-order valence-electron chi connectivity index (χ3n) is 2.66. The van der Waals surface area contributed by atoms with E-state index in [-0.39, 0.29) is 0 Å².